The number of hydrogen-bond acceptors (Lipinski definition) is 5. The van der Waals surface area contributed by atoms with E-state index in [0.717, 1.165) is 23.5 Å². The second kappa shape index (κ2) is 9.18. The quantitative estimate of drug-likeness (QED) is 0.526. The van der Waals surface area contributed by atoms with Gasteiger partial charge in [-0.1, -0.05) is 45.0 Å². The van der Waals surface area contributed by atoms with E-state index in [1.165, 1.54) is 17.3 Å². The summed E-state index contributed by atoms with van der Waals surface area (Å²) in [5.74, 6) is 1.36. The van der Waals surface area contributed by atoms with Gasteiger partial charge in [0.05, 0.1) is 18.1 Å². The van der Waals surface area contributed by atoms with E-state index in [0.29, 0.717) is 18.1 Å². The fourth-order valence-corrected chi connectivity index (χ4v) is 3.41. The monoisotopic (exact) mass is 410 g/mol. The van der Waals surface area contributed by atoms with Gasteiger partial charge in [-0.15, -0.1) is 0 Å². The maximum absolute atomic E-state index is 11.6. The summed E-state index contributed by atoms with van der Waals surface area (Å²) in [6.07, 6.45) is 2.56. The SMILES string of the molecule is CC(C)(C)c1ccc(OCCCOc2ccc(/C=C3\SC(N)=NC3=O)cc2)cc1. The molecule has 0 spiro atoms. The van der Waals surface area contributed by atoms with Crippen LogP contribution in [0, 0.1) is 0 Å². The van der Waals surface area contributed by atoms with Crippen molar-refractivity contribution in [3.05, 3.63) is 64.6 Å². The third-order valence-electron chi connectivity index (χ3n) is 4.36. The third-order valence-corrected chi connectivity index (χ3v) is 5.17. The van der Waals surface area contributed by atoms with Crippen LogP contribution >= 0.6 is 11.8 Å². The van der Waals surface area contributed by atoms with Crippen molar-refractivity contribution in [3.8, 4) is 11.5 Å². The molecule has 0 saturated carbocycles. The van der Waals surface area contributed by atoms with Crippen molar-refractivity contribution in [3.63, 3.8) is 0 Å². The minimum absolute atomic E-state index is 0.144. The van der Waals surface area contributed by atoms with E-state index in [9.17, 15) is 4.79 Å². The molecule has 2 aromatic rings. The van der Waals surface area contributed by atoms with Gasteiger partial charge >= 0.3 is 0 Å². The molecule has 0 aromatic heterocycles. The maximum Gasteiger partial charge on any atom is 0.286 e. The van der Waals surface area contributed by atoms with E-state index in [4.69, 9.17) is 15.2 Å². The van der Waals surface area contributed by atoms with Crippen molar-refractivity contribution in [2.45, 2.75) is 32.6 Å². The molecule has 152 valence electrons. The van der Waals surface area contributed by atoms with Crippen LogP contribution < -0.4 is 15.2 Å². The molecule has 0 bridgehead atoms. The van der Waals surface area contributed by atoms with Gasteiger partial charge in [-0.25, -0.2) is 0 Å². The van der Waals surface area contributed by atoms with Crippen LogP contribution in [0.5, 0.6) is 11.5 Å². The Balaban J connectivity index is 1.40. The molecule has 1 aliphatic heterocycles. The molecule has 0 aliphatic carbocycles. The number of nitrogens with two attached hydrogens (primary N) is 1. The Morgan fingerprint density at radius 3 is 2.00 bits per heavy atom. The Hall–Kier alpha value is -2.73. The van der Waals surface area contributed by atoms with E-state index in [1.54, 1.807) is 6.08 Å². The summed E-state index contributed by atoms with van der Waals surface area (Å²) in [7, 11) is 0. The first-order chi connectivity index (χ1) is 13.8. The van der Waals surface area contributed by atoms with Crippen LogP contribution in [0.2, 0.25) is 0 Å². The summed E-state index contributed by atoms with van der Waals surface area (Å²) in [4.78, 5) is 15.9. The maximum atomic E-state index is 11.6. The lowest BCUT2D eigenvalue weighted by Crippen LogP contribution is -2.10. The minimum Gasteiger partial charge on any atom is -0.493 e. The van der Waals surface area contributed by atoms with Crippen LogP contribution in [0.3, 0.4) is 0 Å². The smallest absolute Gasteiger partial charge is 0.286 e. The molecule has 3 rings (SSSR count). The lowest BCUT2D eigenvalue weighted by Gasteiger charge is -2.19. The summed E-state index contributed by atoms with van der Waals surface area (Å²) < 4.78 is 11.5. The zero-order chi connectivity index (χ0) is 20.9. The van der Waals surface area contributed by atoms with Gasteiger partial charge in [-0.2, -0.15) is 4.99 Å². The first kappa shape index (κ1) is 21.0. The van der Waals surface area contributed by atoms with Gasteiger partial charge in [0.2, 0.25) is 0 Å². The number of thioether (sulfide) groups is 1. The molecule has 1 heterocycles. The summed E-state index contributed by atoms with van der Waals surface area (Å²) in [6, 6.07) is 15.8. The van der Waals surface area contributed by atoms with E-state index in [2.05, 4.69) is 37.9 Å². The number of carbonyl (C=O) groups is 1. The number of rotatable bonds is 7. The van der Waals surface area contributed by atoms with Gasteiger partial charge in [-0.05, 0) is 58.6 Å². The zero-order valence-corrected chi connectivity index (χ0v) is 17.8. The number of nitrogens with zero attached hydrogens (tertiary/aromatic N) is 1. The molecular weight excluding hydrogens is 384 g/mol. The van der Waals surface area contributed by atoms with E-state index >= 15 is 0 Å². The molecule has 0 saturated heterocycles. The van der Waals surface area contributed by atoms with Crippen molar-refractivity contribution in [1.29, 1.82) is 0 Å². The van der Waals surface area contributed by atoms with Crippen molar-refractivity contribution < 1.29 is 14.3 Å². The van der Waals surface area contributed by atoms with Gasteiger partial charge in [0.1, 0.15) is 11.5 Å². The Morgan fingerprint density at radius 2 is 1.52 bits per heavy atom. The first-order valence-corrected chi connectivity index (χ1v) is 10.4. The number of hydrogen-bond donors (Lipinski definition) is 1. The third kappa shape index (κ3) is 6.12. The molecule has 2 N–H and O–H groups in total. The molecule has 0 atom stereocenters. The average Bonchev–Trinajstić information content (AvgIpc) is 2.99. The van der Waals surface area contributed by atoms with E-state index < -0.39 is 0 Å². The Morgan fingerprint density at radius 1 is 0.966 bits per heavy atom. The molecule has 0 unspecified atom stereocenters. The molecule has 5 nitrogen and oxygen atoms in total. The molecule has 2 aromatic carbocycles. The highest BCUT2D eigenvalue weighted by molar-refractivity contribution is 8.18. The van der Waals surface area contributed by atoms with Gasteiger partial charge in [-0.3, -0.25) is 4.79 Å². The van der Waals surface area contributed by atoms with Crippen molar-refractivity contribution in [2.75, 3.05) is 13.2 Å². The first-order valence-electron chi connectivity index (χ1n) is 9.55. The van der Waals surface area contributed by atoms with Crippen LogP contribution in [0.15, 0.2) is 58.4 Å². The topological polar surface area (TPSA) is 73.9 Å². The summed E-state index contributed by atoms with van der Waals surface area (Å²) in [5.41, 5.74) is 7.89. The summed E-state index contributed by atoms with van der Waals surface area (Å²) in [5, 5.41) is 0.286. The van der Waals surface area contributed by atoms with Crippen LogP contribution in [-0.4, -0.2) is 24.3 Å². The van der Waals surface area contributed by atoms with Crippen molar-refractivity contribution >= 4 is 28.9 Å². The van der Waals surface area contributed by atoms with Crippen LogP contribution in [0.1, 0.15) is 38.3 Å². The van der Waals surface area contributed by atoms with Crippen LogP contribution in [-0.2, 0) is 10.2 Å². The van der Waals surface area contributed by atoms with Gasteiger partial charge in [0.25, 0.3) is 5.91 Å². The molecule has 6 heteroatoms. The predicted molar refractivity (Wildman–Crippen MR) is 119 cm³/mol. The summed E-state index contributed by atoms with van der Waals surface area (Å²) >= 11 is 1.19. The summed E-state index contributed by atoms with van der Waals surface area (Å²) in [6.45, 7) is 7.75. The fourth-order valence-electron chi connectivity index (χ4n) is 2.73. The van der Waals surface area contributed by atoms with Crippen LogP contribution in [0.4, 0.5) is 0 Å². The molecule has 1 aliphatic rings. The standard InChI is InChI=1S/C23H26N2O3S/c1-23(2,3)17-7-11-19(12-8-17)28-14-4-13-27-18-9-5-16(6-10-18)15-20-21(26)25-22(24)29-20/h5-12,15H,4,13-14H2,1-3H3,(H2,24,25,26)/b20-15-. The highest BCUT2D eigenvalue weighted by atomic mass is 32.2. The van der Waals surface area contributed by atoms with Crippen molar-refractivity contribution in [1.82, 2.24) is 0 Å². The molecular formula is C23H26N2O3S. The number of amides is 1. The fraction of sp³-hybridized carbons (Fsp3) is 0.304. The largest absolute Gasteiger partial charge is 0.493 e. The number of carbonyl (C=O) groups excluding carboxylic acids is 1. The predicted octanol–water partition coefficient (Wildman–Crippen LogP) is 4.76. The minimum atomic E-state index is -0.291. The lowest BCUT2D eigenvalue weighted by molar-refractivity contribution is -0.113. The number of amidine groups is 1. The van der Waals surface area contributed by atoms with E-state index in [1.807, 2.05) is 36.4 Å². The number of aliphatic imine (C=N–C) groups is 1. The van der Waals surface area contributed by atoms with Gasteiger partial charge < -0.3 is 15.2 Å². The molecule has 0 fully saturated rings. The Bertz CT molecular complexity index is 911. The lowest BCUT2D eigenvalue weighted by atomic mass is 9.87. The second-order valence-electron chi connectivity index (χ2n) is 7.76. The Kier molecular flexibility index (Phi) is 6.64. The van der Waals surface area contributed by atoms with E-state index in [-0.39, 0.29) is 16.5 Å². The molecule has 29 heavy (non-hydrogen) atoms. The second-order valence-corrected chi connectivity index (χ2v) is 8.82. The highest BCUT2D eigenvalue weighted by Gasteiger charge is 2.19. The van der Waals surface area contributed by atoms with Crippen molar-refractivity contribution in [2.24, 2.45) is 10.7 Å². The normalized spacial score (nSPS) is 15.5. The zero-order valence-electron chi connectivity index (χ0n) is 17.0. The molecule has 0 radical (unpaired) electrons. The van der Waals surface area contributed by atoms with Gasteiger partial charge in [0.15, 0.2) is 5.17 Å². The van der Waals surface area contributed by atoms with Gasteiger partial charge in [0, 0.05) is 6.42 Å². The van der Waals surface area contributed by atoms with Crippen LogP contribution in [0.25, 0.3) is 6.08 Å². The average molecular weight is 411 g/mol. The Labute approximate surface area is 176 Å². The highest BCUT2D eigenvalue weighted by Crippen LogP contribution is 2.27. The number of ether oxygens (including phenoxy) is 2. The number of benzene rings is 2. The molecule has 1 amide bonds.